The summed E-state index contributed by atoms with van der Waals surface area (Å²) >= 11 is 0. The molecular weight excluding hydrogens is 242 g/mol. The molecule has 78 valence electrons. The van der Waals surface area contributed by atoms with Crippen LogP contribution in [0.2, 0.25) is 0 Å². The van der Waals surface area contributed by atoms with Crippen molar-refractivity contribution in [3.05, 3.63) is 29.8 Å². The lowest BCUT2D eigenvalue weighted by Gasteiger charge is -2.24. The highest BCUT2D eigenvalue weighted by molar-refractivity contribution is 8.93. The fourth-order valence-electron chi connectivity index (χ4n) is 1.90. The van der Waals surface area contributed by atoms with Gasteiger partial charge in [-0.25, -0.2) is 0 Å². The van der Waals surface area contributed by atoms with Crippen molar-refractivity contribution in [3.8, 4) is 5.75 Å². The smallest absolute Gasteiger partial charge is 0.120 e. The zero-order valence-corrected chi connectivity index (χ0v) is 9.78. The first-order chi connectivity index (χ1) is 6.38. The predicted molar refractivity (Wildman–Crippen MR) is 63.0 cm³/mol. The number of benzene rings is 1. The highest BCUT2D eigenvalue weighted by atomic mass is 79.9. The first-order valence-corrected chi connectivity index (χ1v) is 4.89. The summed E-state index contributed by atoms with van der Waals surface area (Å²) in [5.74, 6) is 0.418. The van der Waals surface area contributed by atoms with Gasteiger partial charge in [0.25, 0.3) is 0 Å². The number of halogens is 1. The first kappa shape index (κ1) is 11.5. The molecule has 1 unspecified atom stereocenters. The molecule has 0 amide bonds. The summed E-state index contributed by atoms with van der Waals surface area (Å²) in [4.78, 5) is 0. The SMILES string of the molecule is Br.Oc1ccccc1C1CCCCN1. The molecule has 0 aliphatic carbocycles. The standard InChI is InChI=1S/C11H15NO.BrH/c13-11-7-2-1-5-9(11)10-6-3-4-8-12-10;/h1-2,5,7,10,12-13H,3-4,6,8H2;1H. The number of para-hydroxylation sites is 1. The molecule has 1 aliphatic rings. The van der Waals surface area contributed by atoms with Gasteiger partial charge in [-0.05, 0) is 25.5 Å². The molecule has 1 aromatic rings. The molecule has 2 rings (SSSR count). The molecule has 0 aromatic heterocycles. The van der Waals surface area contributed by atoms with Crippen molar-refractivity contribution in [3.63, 3.8) is 0 Å². The number of hydrogen-bond donors (Lipinski definition) is 2. The molecular formula is C11H16BrNO. The number of rotatable bonds is 1. The molecule has 3 heteroatoms. The molecule has 14 heavy (non-hydrogen) atoms. The summed E-state index contributed by atoms with van der Waals surface area (Å²) in [5.41, 5.74) is 1.04. The zero-order chi connectivity index (χ0) is 9.10. The Labute approximate surface area is 95.1 Å². The van der Waals surface area contributed by atoms with Crippen LogP contribution in [0.5, 0.6) is 5.75 Å². The van der Waals surface area contributed by atoms with E-state index in [2.05, 4.69) is 5.32 Å². The Hall–Kier alpha value is -0.540. The quantitative estimate of drug-likeness (QED) is 0.811. The lowest BCUT2D eigenvalue weighted by molar-refractivity contribution is 0.391. The van der Waals surface area contributed by atoms with Crippen molar-refractivity contribution in [1.29, 1.82) is 0 Å². The molecule has 1 aliphatic heterocycles. The Kier molecular flexibility index (Phi) is 4.42. The number of hydrogen-bond acceptors (Lipinski definition) is 2. The topological polar surface area (TPSA) is 32.3 Å². The van der Waals surface area contributed by atoms with Crippen LogP contribution in [0.15, 0.2) is 24.3 Å². The van der Waals surface area contributed by atoms with E-state index in [4.69, 9.17) is 0 Å². The molecule has 1 atom stereocenters. The van der Waals surface area contributed by atoms with Crippen LogP contribution in [-0.4, -0.2) is 11.7 Å². The van der Waals surface area contributed by atoms with Gasteiger partial charge in [-0.3, -0.25) is 0 Å². The average Bonchev–Trinajstić information content (AvgIpc) is 2.20. The van der Waals surface area contributed by atoms with Crippen molar-refractivity contribution >= 4 is 17.0 Å². The Morgan fingerprint density at radius 3 is 2.64 bits per heavy atom. The number of phenols is 1. The Balaban J connectivity index is 0.000000980. The van der Waals surface area contributed by atoms with E-state index in [1.54, 1.807) is 6.07 Å². The third-order valence-corrected chi connectivity index (χ3v) is 2.62. The largest absolute Gasteiger partial charge is 0.508 e. The second-order valence-corrected chi connectivity index (χ2v) is 3.56. The maximum absolute atomic E-state index is 9.62. The van der Waals surface area contributed by atoms with Gasteiger partial charge in [0.15, 0.2) is 0 Å². The molecule has 2 N–H and O–H groups in total. The second kappa shape index (κ2) is 5.37. The summed E-state index contributed by atoms with van der Waals surface area (Å²) < 4.78 is 0. The van der Waals surface area contributed by atoms with E-state index in [9.17, 15) is 5.11 Å². The molecule has 2 nitrogen and oxygen atoms in total. The number of phenolic OH excluding ortho intramolecular Hbond substituents is 1. The minimum atomic E-state index is 0. The molecule has 0 spiro atoms. The Bertz CT molecular complexity index is 284. The summed E-state index contributed by atoms with van der Waals surface area (Å²) in [7, 11) is 0. The second-order valence-electron chi connectivity index (χ2n) is 3.56. The van der Waals surface area contributed by atoms with Gasteiger partial charge in [-0.15, -0.1) is 17.0 Å². The summed E-state index contributed by atoms with van der Waals surface area (Å²) in [5, 5.41) is 13.0. The van der Waals surface area contributed by atoms with Gasteiger partial charge in [0.05, 0.1) is 0 Å². The van der Waals surface area contributed by atoms with Crippen molar-refractivity contribution < 1.29 is 5.11 Å². The monoisotopic (exact) mass is 257 g/mol. The van der Waals surface area contributed by atoms with Crippen LogP contribution in [0.1, 0.15) is 30.9 Å². The minimum absolute atomic E-state index is 0. The van der Waals surface area contributed by atoms with Gasteiger partial charge in [0.1, 0.15) is 5.75 Å². The highest BCUT2D eigenvalue weighted by Gasteiger charge is 2.16. The summed E-state index contributed by atoms with van der Waals surface area (Å²) in [6, 6.07) is 7.95. The van der Waals surface area contributed by atoms with Crippen LogP contribution >= 0.6 is 17.0 Å². The van der Waals surface area contributed by atoms with E-state index >= 15 is 0 Å². The molecule has 1 aromatic carbocycles. The lowest BCUT2D eigenvalue weighted by Crippen LogP contribution is -2.26. The minimum Gasteiger partial charge on any atom is -0.508 e. The third kappa shape index (κ3) is 2.49. The van der Waals surface area contributed by atoms with Gasteiger partial charge in [0, 0.05) is 11.6 Å². The Morgan fingerprint density at radius 2 is 2.00 bits per heavy atom. The van der Waals surface area contributed by atoms with Crippen molar-refractivity contribution in [2.24, 2.45) is 0 Å². The molecule has 0 radical (unpaired) electrons. The van der Waals surface area contributed by atoms with Crippen molar-refractivity contribution in [2.45, 2.75) is 25.3 Å². The van der Waals surface area contributed by atoms with Crippen LogP contribution in [0.4, 0.5) is 0 Å². The summed E-state index contributed by atoms with van der Waals surface area (Å²) in [6.07, 6.45) is 3.65. The van der Waals surface area contributed by atoms with E-state index in [0.717, 1.165) is 18.5 Å². The van der Waals surface area contributed by atoms with Gasteiger partial charge < -0.3 is 10.4 Å². The van der Waals surface area contributed by atoms with E-state index in [1.165, 1.54) is 12.8 Å². The highest BCUT2D eigenvalue weighted by Crippen LogP contribution is 2.28. The zero-order valence-electron chi connectivity index (χ0n) is 8.07. The first-order valence-electron chi connectivity index (χ1n) is 4.89. The summed E-state index contributed by atoms with van der Waals surface area (Å²) in [6.45, 7) is 1.07. The Morgan fingerprint density at radius 1 is 1.21 bits per heavy atom. The van der Waals surface area contributed by atoms with Crippen molar-refractivity contribution in [2.75, 3.05) is 6.54 Å². The fraction of sp³-hybridized carbons (Fsp3) is 0.455. The average molecular weight is 258 g/mol. The number of piperidine rings is 1. The van der Waals surface area contributed by atoms with Gasteiger partial charge in [-0.1, -0.05) is 24.6 Å². The van der Waals surface area contributed by atoms with E-state index in [1.807, 2.05) is 18.2 Å². The van der Waals surface area contributed by atoms with Crippen LogP contribution in [0, 0.1) is 0 Å². The predicted octanol–water partition coefficient (Wildman–Crippen LogP) is 2.78. The molecule has 1 fully saturated rings. The van der Waals surface area contributed by atoms with E-state index in [-0.39, 0.29) is 17.0 Å². The van der Waals surface area contributed by atoms with Crippen LogP contribution in [0.25, 0.3) is 0 Å². The molecule has 0 saturated carbocycles. The van der Waals surface area contributed by atoms with E-state index < -0.39 is 0 Å². The maximum atomic E-state index is 9.62. The van der Waals surface area contributed by atoms with E-state index in [0.29, 0.717) is 11.8 Å². The number of nitrogens with one attached hydrogen (secondary N) is 1. The normalized spacial score (nSPS) is 21.3. The molecule has 1 saturated heterocycles. The van der Waals surface area contributed by atoms with Crippen LogP contribution in [-0.2, 0) is 0 Å². The van der Waals surface area contributed by atoms with Crippen LogP contribution < -0.4 is 5.32 Å². The third-order valence-electron chi connectivity index (χ3n) is 2.62. The fourth-order valence-corrected chi connectivity index (χ4v) is 1.90. The lowest BCUT2D eigenvalue weighted by atomic mass is 9.97. The van der Waals surface area contributed by atoms with Gasteiger partial charge in [-0.2, -0.15) is 0 Å². The molecule has 0 bridgehead atoms. The van der Waals surface area contributed by atoms with Gasteiger partial charge in [0.2, 0.25) is 0 Å². The molecule has 1 heterocycles. The number of aromatic hydroxyl groups is 1. The maximum Gasteiger partial charge on any atom is 0.120 e. The van der Waals surface area contributed by atoms with Gasteiger partial charge >= 0.3 is 0 Å². The van der Waals surface area contributed by atoms with Crippen molar-refractivity contribution in [1.82, 2.24) is 5.32 Å². The van der Waals surface area contributed by atoms with Crippen LogP contribution in [0.3, 0.4) is 0 Å².